The van der Waals surface area contributed by atoms with Gasteiger partial charge in [-0.3, -0.25) is 4.79 Å². The molecule has 2 N–H and O–H groups in total. The van der Waals surface area contributed by atoms with Crippen LogP contribution in [0.25, 0.3) is 0 Å². The zero-order chi connectivity index (χ0) is 12.2. The molecule has 0 bridgehead atoms. The first-order valence-electron chi connectivity index (χ1n) is 5.28. The number of nitrogens with two attached hydrogens (primary N) is 1. The summed E-state index contributed by atoms with van der Waals surface area (Å²) in [6, 6.07) is 0. The van der Waals surface area contributed by atoms with Crippen LogP contribution in [0.15, 0.2) is 0 Å². The molecule has 0 aromatic carbocycles. The van der Waals surface area contributed by atoms with Crippen LogP contribution in [-0.2, 0) is 4.79 Å². The number of rotatable bonds is 4. The predicted octanol–water partition coefficient (Wildman–Crippen LogP) is 1.80. The molecular weight excluding hydrogens is 208 g/mol. The number of carbonyl (C=O) groups is 1. The molecule has 1 amide bonds. The third-order valence-corrected chi connectivity index (χ3v) is 2.69. The Morgan fingerprint density at radius 3 is 2.20 bits per heavy atom. The van der Waals surface area contributed by atoms with Crippen molar-refractivity contribution in [1.29, 1.82) is 0 Å². The molecule has 0 heterocycles. The molecule has 15 heavy (non-hydrogen) atoms. The molecule has 0 aliphatic rings. The van der Waals surface area contributed by atoms with E-state index in [1.54, 1.807) is 0 Å². The molecule has 1 atom stereocenters. The Bertz CT molecular complexity index is 245. The molecule has 1 unspecified atom stereocenters. The summed E-state index contributed by atoms with van der Waals surface area (Å²) in [5, 5.41) is 0. The fourth-order valence-electron chi connectivity index (χ4n) is 1.25. The van der Waals surface area contributed by atoms with Crippen molar-refractivity contribution in [3.8, 4) is 0 Å². The maximum Gasteiger partial charge on any atom is 0.227 e. The number of carbonyl (C=O) groups excluding carboxylic acids is 1. The highest BCUT2D eigenvalue weighted by atomic mass is 32.1. The monoisotopic (exact) mass is 230 g/mol. The van der Waals surface area contributed by atoms with Crippen LogP contribution in [0.1, 0.15) is 34.6 Å². The first-order valence-corrected chi connectivity index (χ1v) is 5.69. The Morgan fingerprint density at radius 2 is 1.93 bits per heavy atom. The Balaban J connectivity index is 4.51. The summed E-state index contributed by atoms with van der Waals surface area (Å²) in [7, 11) is 0. The second-order valence-corrected chi connectivity index (χ2v) is 5.37. The second-order valence-electron chi connectivity index (χ2n) is 4.90. The zero-order valence-corrected chi connectivity index (χ0v) is 11.1. The van der Waals surface area contributed by atoms with Crippen LogP contribution in [0.5, 0.6) is 0 Å². The lowest BCUT2D eigenvalue weighted by Crippen LogP contribution is -2.43. The van der Waals surface area contributed by atoms with Gasteiger partial charge in [-0.2, -0.15) is 0 Å². The molecule has 88 valence electrons. The summed E-state index contributed by atoms with van der Waals surface area (Å²) >= 11 is 4.90. The summed E-state index contributed by atoms with van der Waals surface area (Å²) in [6.07, 6.45) is 0. The zero-order valence-electron chi connectivity index (χ0n) is 10.3. The van der Waals surface area contributed by atoms with E-state index >= 15 is 0 Å². The minimum atomic E-state index is -0.341. The lowest BCUT2D eigenvalue weighted by atomic mass is 9.94. The molecule has 3 nitrogen and oxygen atoms in total. The standard InChI is InChI=1S/C11H22N2OS/c1-6-13(7-8(2)9(12)15)10(14)11(3,4)5/h8H,6-7H2,1-5H3,(H2,12,15). The van der Waals surface area contributed by atoms with Gasteiger partial charge in [0.1, 0.15) is 0 Å². The molecule has 0 saturated heterocycles. The van der Waals surface area contributed by atoms with E-state index in [2.05, 4.69) is 0 Å². The van der Waals surface area contributed by atoms with Crippen LogP contribution in [0.2, 0.25) is 0 Å². The highest BCUT2D eigenvalue weighted by molar-refractivity contribution is 7.80. The van der Waals surface area contributed by atoms with Gasteiger partial charge in [-0.05, 0) is 6.92 Å². The molecule has 0 fully saturated rings. The molecule has 0 rings (SSSR count). The minimum Gasteiger partial charge on any atom is -0.393 e. The van der Waals surface area contributed by atoms with Crippen LogP contribution in [0.4, 0.5) is 0 Å². The number of amides is 1. The maximum absolute atomic E-state index is 12.0. The Labute approximate surface area is 98.0 Å². The van der Waals surface area contributed by atoms with Crippen LogP contribution < -0.4 is 5.73 Å². The second kappa shape index (κ2) is 5.45. The van der Waals surface area contributed by atoms with Crippen LogP contribution >= 0.6 is 12.2 Å². The number of hydrogen-bond donors (Lipinski definition) is 1. The smallest absolute Gasteiger partial charge is 0.227 e. The van der Waals surface area contributed by atoms with Gasteiger partial charge in [-0.25, -0.2) is 0 Å². The van der Waals surface area contributed by atoms with Crippen molar-refractivity contribution in [3.63, 3.8) is 0 Å². The fraction of sp³-hybridized carbons (Fsp3) is 0.818. The summed E-state index contributed by atoms with van der Waals surface area (Å²) in [6.45, 7) is 11.0. The maximum atomic E-state index is 12.0. The molecule has 0 aromatic rings. The Kier molecular flexibility index (Phi) is 5.21. The quantitative estimate of drug-likeness (QED) is 0.749. The number of hydrogen-bond acceptors (Lipinski definition) is 2. The van der Waals surface area contributed by atoms with E-state index in [0.717, 1.165) is 0 Å². The normalized spacial score (nSPS) is 13.4. The molecule has 0 radical (unpaired) electrons. The Morgan fingerprint density at radius 1 is 1.47 bits per heavy atom. The number of thiocarbonyl (C=S) groups is 1. The molecule has 0 saturated carbocycles. The molecular formula is C11H22N2OS. The van der Waals surface area contributed by atoms with Gasteiger partial charge in [-0.15, -0.1) is 0 Å². The van der Waals surface area contributed by atoms with Crippen molar-refractivity contribution < 1.29 is 4.79 Å². The van der Waals surface area contributed by atoms with Gasteiger partial charge in [0.25, 0.3) is 0 Å². The van der Waals surface area contributed by atoms with Crippen LogP contribution in [-0.4, -0.2) is 28.9 Å². The number of nitrogens with zero attached hydrogens (tertiary/aromatic N) is 1. The summed E-state index contributed by atoms with van der Waals surface area (Å²) < 4.78 is 0. The van der Waals surface area contributed by atoms with Crippen molar-refractivity contribution in [2.75, 3.05) is 13.1 Å². The minimum absolute atomic E-state index is 0.0752. The molecule has 0 aliphatic carbocycles. The lowest BCUT2D eigenvalue weighted by molar-refractivity contribution is -0.139. The first-order chi connectivity index (χ1) is 6.70. The molecule has 0 spiro atoms. The van der Waals surface area contributed by atoms with Crippen molar-refractivity contribution in [3.05, 3.63) is 0 Å². The van der Waals surface area contributed by atoms with Gasteiger partial charge in [-0.1, -0.05) is 39.9 Å². The van der Waals surface area contributed by atoms with Gasteiger partial charge in [0.2, 0.25) is 5.91 Å². The molecule has 0 aromatic heterocycles. The van der Waals surface area contributed by atoms with Crippen LogP contribution in [0, 0.1) is 11.3 Å². The van der Waals surface area contributed by atoms with E-state index in [-0.39, 0.29) is 17.2 Å². The summed E-state index contributed by atoms with van der Waals surface area (Å²) in [4.78, 5) is 14.3. The Hall–Kier alpha value is -0.640. The largest absolute Gasteiger partial charge is 0.393 e. The average molecular weight is 230 g/mol. The predicted molar refractivity (Wildman–Crippen MR) is 67.7 cm³/mol. The molecule has 0 aliphatic heterocycles. The SMILES string of the molecule is CCN(CC(C)C(N)=S)C(=O)C(C)(C)C. The van der Waals surface area contributed by atoms with E-state index in [0.29, 0.717) is 18.1 Å². The molecule has 4 heteroatoms. The van der Waals surface area contributed by atoms with Gasteiger partial charge < -0.3 is 10.6 Å². The van der Waals surface area contributed by atoms with E-state index in [1.165, 1.54) is 0 Å². The van der Waals surface area contributed by atoms with E-state index < -0.39 is 0 Å². The van der Waals surface area contributed by atoms with Crippen molar-refractivity contribution in [2.24, 2.45) is 17.1 Å². The van der Waals surface area contributed by atoms with E-state index in [4.69, 9.17) is 18.0 Å². The summed E-state index contributed by atoms with van der Waals surface area (Å²) in [5.74, 6) is 0.222. The highest BCUT2D eigenvalue weighted by Gasteiger charge is 2.27. The third-order valence-electron chi connectivity index (χ3n) is 2.29. The van der Waals surface area contributed by atoms with E-state index in [1.807, 2.05) is 39.5 Å². The highest BCUT2D eigenvalue weighted by Crippen LogP contribution is 2.18. The average Bonchev–Trinajstić information content (AvgIpc) is 2.10. The fourth-order valence-corrected chi connectivity index (χ4v) is 1.33. The van der Waals surface area contributed by atoms with Gasteiger partial charge in [0, 0.05) is 24.4 Å². The van der Waals surface area contributed by atoms with Gasteiger partial charge in [0.05, 0.1) is 4.99 Å². The lowest BCUT2D eigenvalue weighted by Gasteiger charge is -2.30. The van der Waals surface area contributed by atoms with Gasteiger partial charge in [0.15, 0.2) is 0 Å². The summed E-state index contributed by atoms with van der Waals surface area (Å²) in [5.41, 5.74) is 5.20. The van der Waals surface area contributed by atoms with Crippen molar-refractivity contribution in [2.45, 2.75) is 34.6 Å². The van der Waals surface area contributed by atoms with Crippen LogP contribution in [0.3, 0.4) is 0 Å². The first kappa shape index (κ1) is 14.4. The van der Waals surface area contributed by atoms with E-state index in [9.17, 15) is 4.79 Å². The van der Waals surface area contributed by atoms with Crippen molar-refractivity contribution in [1.82, 2.24) is 4.90 Å². The third kappa shape index (κ3) is 4.60. The topological polar surface area (TPSA) is 46.3 Å². The van der Waals surface area contributed by atoms with Crippen molar-refractivity contribution >= 4 is 23.1 Å². The van der Waals surface area contributed by atoms with Gasteiger partial charge >= 0.3 is 0 Å².